The van der Waals surface area contributed by atoms with Crippen LogP contribution in [0.15, 0.2) is 12.1 Å². The van der Waals surface area contributed by atoms with E-state index in [1.165, 1.54) is 5.56 Å². The Morgan fingerprint density at radius 1 is 1.31 bits per heavy atom. The molecule has 0 aromatic heterocycles. The van der Waals surface area contributed by atoms with Gasteiger partial charge in [-0.1, -0.05) is 37.0 Å². The Balaban J connectivity index is 2.65. The summed E-state index contributed by atoms with van der Waals surface area (Å²) in [7, 11) is 0. The first-order chi connectivity index (χ1) is 6.00. The van der Waals surface area contributed by atoms with Crippen LogP contribution in [-0.2, 0) is 5.41 Å². The van der Waals surface area contributed by atoms with Crippen LogP contribution in [0.3, 0.4) is 0 Å². The SMILES string of the molecule is CC1(C)CNc2cc(Cl)cc(Cl)c21. The standard InChI is InChI=1S/C10H11Cl2N/c1-10(2)5-13-8-4-6(11)3-7(12)9(8)10/h3-4,13H,5H2,1-2H3. The fraction of sp³-hybridized carbons (Fsp3) is 0.400. The van der Waals surface area contributed by atoms with Crippen molar-refractivity contribution >= 4 is 28.9 Å². The lowest BCUT2D eigenvalue weighted by atomic mass is 9.87. The fourth-order valence-electron chi connectivity index (χ4n) is 1.81. The molecule has 1 nitrogen and oxygen atoms in total. The highest BCUT2D eigenvalue weighted by Gasteiger charge is 2.32. The highest BCUT2D eigenvalue weighted by atomic mass is 35.5. The molecule has 3 heteroatoms. The maximum Gasteiger partial charge on any atom is 0.0479 e. The van der Waals surface area contributed by atoms with Crippen LogP contribution in [0, 0.1) is 0 Å². The molecule has 0 aliphatic carbocycles. The molecule has 0 atom stereocenters. The van der Waals surface area contributed by atoms with E-state index in [9.17, 15) is 0 Å². The molecule has 13 heavy (non-hydrogen) atoms. The number of hydrogen-bond donors (Lipinski definition) is 1. The topological polar surface area (TPSA) is 12.0 Å². The number of benzene rings is 1. The third-order valence-electron chi connectivity index (χ3n) is 2.45. The van der Waals surface area contributed by atoms with Crippen LogP contribution in [0.25, 0.3) is 0 Å². The quantitative estimate of drug-likeness (QED) is 0.697. The normalized spacial score (nSPS) is 18.2. The van der Waals surface area contributed by atoms with Crippen LogP contribution >= 0.6 is 23.2 Å². The summed E-state index contributed by atoms with van der Waals surface area (Å²) in [6, 6.07) is 3.73. The van der Waals surface area contributed by atoms with Gasteiger partial charge in [-0.15, -0.1) is 0 Å². The lowest BCUT2D eigenvalue weighted by molar-refractivity contribution is 0.586. The van der Waals surface area contributed by atoms with Gasteiger partial charge in [0.1, 0.15) is 0 Å². The Hall–Kier alpha value is -0.400. The van der Waals surface area contributed by atoms with Gasteiger partial charge in [0.2, 0.25) is 0 Å². The maximum absolute atomic E-state index is 6.13. The molecule has 0 radical (unpaired) electrons. The summed E-state index contributed by atoms with van der Waals surface area (Å²) in [4.78, 5) is 0. The van der Waals surface area contributed by atoms with Gasteiger partial charge in [0.15, 0.2) is 0 Å². The number of hydrogen-bond acceptors (Lipinski definition) is 1. The molecule has 70 valence electrons. The molecule has 2 rings (SSSR count). The van der Waals surface area contributed by atoms with Gasteiger partial charge in [0.05, 0.1) is 0 Å². The van der Waals surface area contributed by atoms with Crippen LogP contribution in [0.1, 0.15) is 19.4 Å². The fourth-order valence-corrected chi connectivity index (χ4v) is 2.55. The van der Waals surface area contributed by atoms with Gasteiger partial charge in [-0.2, -0.15) is 0 Å². The van der Waals surface area contributed by atoms with Crippen LogP contribution in [0.5, 0.6) is 0 Å². The third-order valence-corrected chi connectivity index (χ3v) is 2.97. The van der Waals surface area contributed by atoms with Crippen molar-refractivity contribution in [2.75, 3.05) is 11.9 Å². The Kier molecular flexibility index (Phi) is 1.97. The summed E-state index contributed by atoms with van der Waals surface area (Å²) in [5.74, 6) is 0. The Labute approximate surface area is 88.0 Å². The molecule has 1 heterocycles. The van der Waals surface area contributed by atoms with E-state index in [0.29, 0.717) is 5.02 Å². The van der Waals surface area contributed by atoms with E-state index >= 15 is 0 Å². The third kappa shape index (κ3) is 1.40. The van der Waals surface area contributed by atoms with E-state index < -0.39 is 0 Å². The van der Waals surface area contributed by atoms with E-state index in [1.807, 2.05) is 6.07 Å². The van der Waals surface area contributed by atoms with Gasteiger partial charge in [0.25, 0.3) is 0 Å². The van der Waals surface area contributed by atoms with Crippen LogP contribution in [0.2, 0.25) is 10.0 Å². The Bertz CT molecular complexity index is 358. The molecular weight excluding hydrogens is 205 g/mol. The van der Waals surface area contributed by atoms with Crippen LogP contribution in [-0.4, -0.2) is 6.54 Å². The lowest BCUT2D eigenvalue weighted by Gasteiger charge is -2.18. The van der Waals surface area contributed by atoms with Crippen molar-refractivity contribution in [2.24, 2.45) is 0 Å². The molecule has 1 aliphatic rings. The molecule has 1 aromatic rings. The van der Waals surface area contributed by atoms with Gasteiger partial charge >= 0.3 is 0 Å². The van der Waals surface area contributed by atoms with Crippen molar-refractivity contribution in [3.63, 3.8) is 0 Å². The molecular formula is C10H11Cl2N. The lowest BCUT2D eigenvalue weighted by Crippen LogP contribution is -2.19. The number of rotatable bonds is 0. The number of halogens is 2. The first-order valence-corrected chi connectivity index (χ1v) is 5.00. The monoisotopic (exact) mass is 215 g/mol. The van der Waals surface area contributed by atoms with E-state index in [-0.39, 0.29) is 5.41 Å². The average molecular weight is 216 g/mol. The molecule has 1 N–H and O–H groups in total. The van der Waals surface area contributed by atoms with Gasteiger partial charge in [-0.25, -0.2) is 0 Å². The smallest absolute Gasteiger partial charge is 0.0479 e. The molecule has 1 aromatic carbocycles. The van der Waals surface area contributed by atoms with Crippen molar-refractivity contribution in [1.29, 1.82) is 0 Å². The first-order valence-electron chi connectivity index (χ1n) is 4.24. The van der Waals surface area contributed by atoms with Gasteiger partial charge < -0.3 is 5.32 Å². The van der Waals surface area contributed by atoms with Gasteiger partial charge in [-0.3, -0.25) is 0 Å². The zero-order valence-electron chi connectivity index (χ0n) is 7.62. The maximum atomic E-state index is 6.13. The van der Waals surface area contributed by atoms with E-state index in [4.69, 9.17) is 23.2 Å². The van der Waals surface area contributed by atoms with E-state index in [1.54, 1.807) is 6.07 Å². The highest BCUT2D eigenvalue weighted by Crippen LogP contribution is 2.42. The predicted molar refractivity (Wildman–Crippen MR) is 58.0 cm³/mol. The molecule has 0 saturated heterocycles. The Morgan fingerprint density at radius 2 is 2.00 bits per heavy atom. The van der Waals surface area contributed by atoms with Gasteiger partial charge in [-0.05, 0) is 12.1 Å². The molecule has 0 amide bonds. The minimum atomic E-state index is 0.108. The van der Waals surface area contributed by atoms with Crippen molar-refractivity contribution in [3.05, 3.63) is 27.7 Å². The minimum Gasteiger partial charge on any atom is -0.384 e. The second kappa shape index (κ2) is 2.79. The summed E-state index contributed by atoms with van der Waals surface area (Å²) in [6.45, 7) is 5.26. The highest BCUT2D eigenvalue weighted by molar-refractivity contribution is 6.35. The summed E-state index contributed by atoms with van der Waals surface area (Å²) in [5, 5.41) is 4.75. The molecule has 1 aliphatic heterocycles. The summed E-state index contributed by atoms with van der Waals surface area (Å²) in [5.41, 5.74) is 2.36. The van der Waals surface area contributed by atoms with E-state index in [0.717, 1.165) is 17.3 Å². The molecule has 0 saturated carbocycles. The van der Waals surface area contributed by atoms with Crippen molar-refractivity contribution in [3.8, 4) is 0 Å². The van der Waals surface area contributed by atoms with Crippen molar-refractivity contribution < 1.29 is 0 Å². The molecule has 0 spiro atoms. The van der Waals surface area contributed by atoms with Crippen molar-refractivity contribution in [2.45, 2.75) is 19.3 Å². The second-order valence-electron chi connectivity index (χ2n) is 4.05. The number of anilines is 1. The van der Waals surface area contributed by atoms with Crippen LogP contribution in [0.4, 0.5) is 5.69 Å². The second-order valence-corrected chi connectivity index (χ2v) is 4.89. The first kappa shape index (κ1) is 9.17. The zero-order chi connectivity index (χ0) is 9.64. The van der Waals surface area contributed by atoms with Gasteiger partial charge in [0, 0.05) is 33.3 Å². The number of fused-ring (bicyclic) bond motifs is 1. The zero-order valence-corrected chi connectivity index (χ0v) is 9.13. The van der Waals surface area contributed by atoms with E-state index in [2.05, 4.69) is 19.2 Å². The molecule has 0 fully saturated rings. The minimum absolute atomic E-state index is 0.108. The summed E-state index contributed by atoms with van der Waals surface area (Å²) < 4.78 is 0. The average Bonchev–Trinajstić information content (AvgIpc) is 2.26. The predicted octanol–water partition coefficient (Wildman–Crippen LogP) is 3.70. The summed E-state index contributed by atoms with van der Waals surface area (Å²) >= 11 is 12.0. The van der Waals surface area contributed by atoms with Crippen molar-refractivity contribution in [1.82, 2.24) is 0 Å². The summed E-state index contributed by atoms with van der Waals surface area (Å²) in [6.07, 6.45) is 0. The molecule has 0 bridgehead atoms. The Morgan fingerprint density at radius 3 is 2.69 bits per heavy atom. The largest absolute Gasteiger partial charge is 0.384 e. The molecule has 0 unspecified atom stereocenters. The van der Waals surface area contributed by atoms with Crippen LogP contribution < -0.4 is 5.32 Å². The number of nitrogens with one attached hydrogen (secondary N) is 1.